The summed E-state index contributed by atoms with van der Waals surface area (Å²) in [5, 5.41) is 31.5. The standard InChI is InChI=1S/C36H32F2N10O5.C29H28F2N6O4.C7H6N4O2.2C5H10O.CH4.H3P/c1-45-31-22(7-5-8-26(31)48(36(45)52)27-13-14-29(49)43-35(27)51)6-3-2-4-17-53-20-21-9-11-23(12-10-21)47-19-25(30(44-47)32(37)38)41-34(50)24-18-40-46-16-15-28(39)42-33(24)46;1-35-26-19(7-5-8-22(26)37(29(35)40)23-13-14-24(38)33-28(23)39)6-3-2-4-15-41-17-18-9-11-20(12-10-18)36-16-21(32)25(34-36)27(30)31;8-5-1-2-11-6(10-5)4(3-9-11)7(12)13;2*1-5-3-2-4-6-5;;/h5,7-12,15-16,18-19,27,32H,2,4,13-14,17,20H2,1H3,(H2,39,42)(H,41,50)(H,43,49,51);5,7-12,16,23,27H,2,4,13-15,17,32H2,1H3,(H,33,38,39);1-3H,(H2,8,10)(H,12,13);2*5H,2-4H2,1H3;1H4;1H3/t;;;2*5-;;/m...00../s1. The van der Waals surface area contributed by atoms with E-state index in [-0.39, 0.29) is 112 Å². The Hall–Kier alpha value is -13.2. The number of halogens is 4. The van der Waals surface area contributed by atoms with Gasteiger partial charge in [-0.05, 0) is 137 Å². The van der Waals surface area contributed by atoms with Crippen LogP contribution in [0.3, 0.4) is 0 Å². The van der Waals surface area contributed by atoms with E-state index >= 15 is 0 Å². The number of nitrogens with two attached hydrogens (primary N) is 3. The number of carbonyl (C=O) groups is 6. The van der Waals surface area contributed by atoms with E-state index in [0.29, 0.717) is 109 Å². The molecule has 4 aliphatic heterocycles. The molecular formula is C83H93F4N20O13P. The minimum Gasteiger partial charge on any atom is -0.477 e. The van der Waals surface area contributed by atoms with Gasteiger partial charge in [0.2, 0.25) is 23.6 Å². The maximum absolute atomic E-state index is 13.9. The molecule has 12 heterocycles. The predicted molar refractivity (Wildman–Crippen MR) is 447 cm³/mol. The molecule has 16 rings (SSSR count). The van der Waals surface area contributed by atoms with Gasteiger partial charge in [-0.1, -0.05) is 67.5 Å². The first-order valence-corrected chi connectivity index (χ1v) is 38.2. The van der Waals surface area contributed by atoms with Crippen LogP contribution in [0, 0.1) is 23.7 Å². The topological polar surface area (TPSA) is 424 Å². The smallest absolute Gasteiger partial charge is 0.341 e. The molecule has 8 aromatic heterocycles. The lowest BCUT2D eigenvalue weighted by Gasteiger charge is -2.21. The van der Waals surface area contributed by atoms with Crippen molar-refractivity contribution in [1.29, 1.82) is 0 Å². The van der Waals surface area contributed by atoms with E-state index < -0.39 is 60.0 Å². The number of carboxylic acid groups (broad SMARTS) is 1. The number of aryl methyl sites for hydroxylation is 2. The quantitative estimate of drug-likeness (QED) is 0.0130. The number of aromatic nitrogens is 14. The minimum atomic E-state index is -2.95. The van der Waals surface area contributed by atoms with Gasteiger partial charge < -0.3 is 46.6 Å². The summed E-state index contributed by atoms with van der Waals surface area (Å²) in [5.74, 6) is 9.58. The summed E-state index contributed by atoms with van der Waals surface area (Å²) in [4.78, 5) is 106. The van der Waals surface area contributed by atoms with Crippen LogP contribution >= 0.6 is 9.90 Å². The van der Waals surface area contributed by atoms with Crippen LogP contribution < -0.4 is 44.5 Å². The number of anilines is 4. The van der Waals surface area contributed by atoms with Crippen LogP contribution in [0.15, 0.2) is 144 Å². The molecule has 0 spiro atoms. The number of rotatable bonds is 19. The average molecular weight is 1690 g/mol. The Morgan fingerprint density at radius 3 is 1.45 bits per heavy atom. The average Bonchev–Trinajstić information content (AvgIpc) is 1.60. The van der Waals surface area contributed by atoms with Crippen molar-refractivity contribution in [2.45, 2.75) is 149 Å². The van der Waals surface area contributed by atoms with Gasteiger partial charge in [0.25, 0.3) is 18.8 Å². The molecule has 0 bridgehead atoms. The number of carbonyl (C=O) groups excluding carboxylic acids is 5. The second-order valence-electron chi connectivity index (χ2n) is 28.1. The third-order valence-electron chi connectivity index (χ3n) is 19.6. The number of aromatic carboxylic acids is 1. The Balaban J connectivity index is 0.000000197. The third kappa shape index (κ3) is 22.0. The number of imidazole rings is 2. The number of benzene rings is 4. The van der Waals surface area contributed by atoms with E-state index in [0.717, 1.165) is 24.3 Å². The highest BCUT2D eigenvalue weighted by Gasteiger charge is 2.34. The van der Waals surface area contributed by atoms with E-state index in [1.807, 2.05) is 24.3 Å². The third-order valence-corrected chi connectivity index (χ3v) is 19.6. The van der Waals surface area contributed by atoms with Gasteiger partial charge in [-0.2, -0.15) is 30.3 Å². The number of nitrogens with one attached hydrogen (secondary N) is 3. The fourth-order valence-corrected chi connectivity index (χ4v) is 13.5. The Morgan fingerprint density at radius 1 is 0.603 bits per heavy atom. The molecule has 12 aromatic rings. The van der Waals surface area contributed by atoms with E-state index in [4.69, 9.17) is 41.3 Å². The van der Waals surface area contributed by atoms with Crippen LogP contribution in [0.5, 0.6) is 0 Å². The molecule has 0 radical (unpaired) electrons. The highest BCUT2D eigenvalue weighted by Crippen LogP contribution is 2.31. The number of alkyl halides is 4. The van der Waals surface area contributed by atoms with E-state index in [1.165, 1.54) is 99.4 Å². The summed E-state index contributed by atoms with van der Waals surface area (Å²) in [6, 6.07) is 26.5. The lowest BCUT2D eigenvalue weighted by atomic mass is 10.1. The largest absolute Gasteiger partial charge is 0.477 e. The molecule has 636 valence electrons. The van der Waals surface area contributed by atoms with Crippen molar-refractivity contribution in [1.82, 2.24) is 77.7 Å². The second kappa shape index (κ2) is 41.5. The fourth-order valence-electron chi connectivity index (χ4n) is 13.5. The molecule has 4 aliphatic rings. The van der Waals surface area contributed by atoms with Gasteiger partial charge in [0.15, 0.2) is 22.7 Å². The van der Waals surface area contributed by atoms with Gasteiger partial charge in [0, 0.05) is 78.6 Å². The van der Waals surface area contributed by atoms with Gasteiger partial charge in [-0.3, -0.25) is 52.9 Å². The highest BCUT2D eigenvalue weighted by molar-refractivity contribution is 6.92. The molecule has 4 fully saturated rings. The molecule has 5 amide bonds. The van der Waals surface area contributed by atoms with Crippen LogP contribution in [-0.4, -0.2) is 146 Å². The SMILES string of the molecule is C.C[C@H]1CCCO1.C[C@H]1CCCO1.Cn1c(=O)n(C2CCC(=O)NC2=O)c2cccc(C#CCCCOCc3ccc(-n4cc(N)c(C(F)F)n4)cc3)c21.Cn1c(=O)n(C2CCC(=O)NC2=O)c2cccc(C#CCCCOCc3ccc(-n4cc(NC(=O)c5cnn6ccc(N)nc56)c(C(F)F)n4)cc3)c21.Nc1ccn2ncc(C(=O)O)c2n1.P. The molecule has 4 aromatic carbocycles. The fraction of sp³-hybridized carbons (Fsp3) is 0.349. The number of fused-ring (bicyclic) bond motifs is 4. The van der Waals surface area contributed by atoms with Crippen LogP contribution in [0.4, 0.5) is 40.6 Å². The molecule has 5 atom stereocenters. The number of ether oxygens (including phenoxy) is 4. The van der Waals surface area contributed by atoms with Crippen molar-refractivity contribution >= 4 is 102 Å². The summed E-state index contributed by atoms with van der Waals surface area (Å²) >= 11 is 0. The first-order valence-electron chi connectivity index (χ1n) is 38.2. The summed E-state index contributed by atoms with van der Waals surface area (Å²) in [6.07, 6.45) is 12.1. The zero-order chi connectivity index (χ0) is 84.6. The minimum absolute atomic E-state index is 0. The van der Waals surface area contributed by atoms with Gasteiger partial charge in [-0.15, -0.1) is 0 Å². The summed E-state index contributed by atoms with van der Waals surface area (Å²) < 4.78 is 86.6. The molecule has 38 heteroatoms. The number of hydrogen-bond donors (Lipinski definition) is 7. The van der Waals surface area contributed by atoms with Crippen molar-refractivity contribution in [3.05, 3.63) is 200 Å². The van der Waals surface area contributed by atoms with Crippen LogP contribution in [0.25, 0.3) is 44.7 Å². The van der Waals surface area contributed by atoms with Crippen molar-refractivity contribution in [3.8, 4) is 35.1 Å². The lowest BCUT2D eigenvalue weighted by Crippen LogP contribution is -2.44. The predicted octanol–water partition coefficient (Wildman–Crippen LogP) is 10.1. The van der Waals surface area contributed by atoms with Gasteiger partial charge in [-0.25, -0.2) is 60.3 Å². The number of nitrogens with zero attached hydrogens (tertiary/aromatic N) is 14. The summed E-state index contributed by atoms with van der Waals surface area (Å²) in [7, 11) is 3.27. The van der Waals surface area contributed by atoms with Gasteiger partial charge in [0.05, 0.1) is 106 Å². The van der Waals surface area contributed by atoms with Crippen molar-refractivity contribution in [2.75, 3.05) is 48.9 Å². The second-order valence-corrected chi connectivity index (χ2v) is 28.1. The monoisotopic (exact) mass is 1680 g/mol. The molecule has 4 saturated heterocycles. The van der Waals surface area contributed by atoms with Crippen molar-refractivity contribution in [2.24, 2.45) is 14.1 Å². The van der Waals surface area contributed by atoms with Crippen LogP contribution in [-0.2, 0) is 65.4 Å². The van der Waals surface area contributed by atoms with Crippen molar-refractivity contribution < 1.29 is 70.4 Å². The Bertz CT molecular complexity index is 5960. The van der Waals surface area contributed by atoms with Crippen LogP contribution in [0.1, 0.15) is 178 Å². The number of hydrogen-bond acceptors (Lipinski definition) is 21. The van der Waals surface area contributed by atoms with E-state index in [1.54, 1.807) is 87.0 Å². The summed E-state index contributed by atoms with van der Waals surface area (Å²) in [5.41, 5.74) is 22.0. The van der Waals surface area contributed by atoms with E-state index in [2.05, 4.69) is 83.8 Å². The number of imide groups is 2. The molecule has 121 heavy (non-hydrogen) atoms. The zero-order valence-electron chi connectivity index (χ0n) is 66.0. The number of carboxylic acids is 1. The molecule has 0 saturated carbocycles. The number of nitrogen functional groups attached to an aromatic ring is 3. The van der Waals surface area contributed by atoms with E-state index in [9.17, 15) is 55.9 Å². The molecule has 0 aliphatic carbocycles. The number of amides is 5. The first-order chi connectivity index (χ1) is 57.3. The Kier molecular flexibility index (Phi) is 30.9. The molecular weight excluding hydrogens is 1590 g/mol. The molecule has 33 nitrogen and oxygen atoms in total. The Morgan fingerprint density at radius 2 is 1.04 bits per heavy atom. The Labute approximate surface area is 693 Å². The highest BCUT2D eigenvalue weighted by atomic mass is 31.0. The summed E-state index contributed by atoms with van der Waals surface area (Å²) in [6.45, 7) is 7.82. The van der Waals surface area contributed by atoms with Crippen molar-refractivity contribution in [3.63, 3.8) is 0 Å². The molecule has 3 unspecified atom stereocenters. The maximum atomic E-state index is 13.9. The number of para-hydroxylation sites is 2. The number of piperidine rings is 2. The van der Waals surface area contributed by atoms with Gasteiger partial charge >= 0.3 is 17.3 Å². The number of unbranched alkanes of at least 4 members (excludes halogenated alkanes) is 2. The van der Waals surface area contributed by atoms with Crippen LogP contribution in [0.2, 0.25) is 0 Å². The maximum Gasteiger partial charge on any atom is 0.341 e. The van der Waals surface area contributed by atoms with Gasteiger partial charge in [0.1, 0.15) is 34.8 Å². The normalized spacial score (nSPS) is 16.0. The lowest BCUT2D eigenvalue weighted by molar-refractivity contribution is -0.137. The zero-order valence-corrected chi connectivity index (χ0v) is 67.4. The molecule has 10 N–H and O–H groups in total. The first kappa shape index (κ1) is 90.1.